The highest BCUT2D eigenvalue weighted by atomic mass is 16.5. The van der Waals surface area contributed by atoms with Gasteiger partial charge in [-0.05, 0) is 17.5 Å². The number of rotatable bonds is 10. The normalized spacial score (nSPS) is 12.1. The van der Waals surface area contributed by atoms with E-state index in [2.05, 4.69) is 6.92 Å². The Balaban J connectivity index is 1.98. The highest BCUT2D eigenvalue weighted by Gasteiger charge is 2.22. The van der Waals surface area contributed by atoms with Crippen LogP contribution in [0.4, 0.5) is 0 Å². The van der Waals surface area contributed by atoms with Gasteiger partial charge in [-0.3, -0.25) is 4.79 Å². The molecule has 2 aromatic carbocycles. The number of hydrogen-bond donors (Lipinski definition) is 0. The summed E-state index contributed by atoms with van der Waals surface area (Å²) in [6.07, 6.45) is 6.64. The van der Waals surface area contributed by atoms with Crippen LogP contribution in [0.25, 0.3) is 0 Å². The Morgan fingerprint density at radius 1 is 0.840 bits per heavy atom. The van der Waals surface area contributed by atoms with Crippen molar-refractivity contribution in [3.8, 4) is 0 Å². The number of hydrogen-bond acceptors (Lipinski definition) is 2. The molecule has 0 amide bonds. The van der Waals surface area contributed by atoms with Crippen molar-refractivity contribution in [2.45, 2.75) is 58.5 Å². The van der Waals surface area contributed by atoms with Gasteiger partial charge in [0.15, 0.2) is 6.10 Å². The SMILES string of the molecule is CCCCCCCC(C)C(=O)OC(c1ccccc1)c1ccccc1. The van der Waals surface area contributed by atoms with Gasteiger partial charge in [0.05, 0.1) is 5.92 Å². The van der Waals surface area contributed by atoms with Crippen molar-refractivity contribution in [3.05, 3.63) is 71.8 Å². The molecule has 0 bridgehead atoms. The summed E-state index contributed by atoms with van der Waals surface area (Å²) in [6.45, 7) is 4.20. The van der Waals surface area contributed by atoms with Gasteiger partial charge in [-0.25, -0.2) is 0 Å². The van der Waals surface area contributed by atoms with Crippen LogP contribution in [-0.4, -0.2) is 5.97 Å². The molecule has 0 heterocycles. The van der Waals surface area contributed by atoms with Crippen LogP contribution in [0.15, 0.2) is 60.7 Å². The van der Waals surface area contributed by atoms with Crippen LogP contribution in [0.2, 0.25) is 0 Å². The lowest BCUT2D eigenvalue weighted by Gasteiger charge is -2.21. The highest BCUT2D eigenvalue weighted by molar-refractivity contribution is 5.72. The van der Waals surface area contributed by atoms with E-state index in [9.17, 15) is 4.79 Å². The molecule has 0 aliphatic heterocycles. The van der Waals surface area contributed by atoms with Crippen LogP contribution >= 0.6 is 0 Å². The summed E-state index contributed by atoms with van der Waals surface area (Å²) in [6, 6.07) is 19.9. The molecule has 0 fully saturated rings. The van der Waals surface area contributed by atoms with Crippen molar-refractivity contribution in [1.29, 1.82) is 0 Å². The van der Waals surface area contributed by atoms with E-state index in [1.165, 1.54) is 25.7 Å². The Bertz CT molecular complexity index is 567. The van der Waals surface area contributed by atoms with E-state index in [1.807, 2.05) is 67.6 Å². The molecule has 0 N–H and O–H groups in total. The zero-order valence-corrected chi connectivity index (χ0v) is 15.5. The maximum absolute atomic E-state index is 12.6. The molecule has 0 saturated carbocycles. The van der Waals surface area contributed by atoms with Crippen molar-refractivity contribution in [2.75, 3.05) is 0 Å². The van der Waals surface area contributed by atoms with E-state index < -0.39 is 0 Å². The molecule has 0 saturated heterocycles. The molecule has 0 aliphatic rings. The third kappa shape index (κ3) is 6.38. The summed E-state index contributed by atoms with van der Waals surface area (Å²) in [7, 11) is 0. The van der Waals surface area contributed by atoms with Crippen LogP contribution < -0.4 is 0 Å². The summed E-state index contributed by atoms with van der Waals surface area (Å²) in [4.78, 5) is 12.6. The molecular weight excluding hydrogens is 308 g/mol. The molecule has 2 heteroatoms. The Labute approximate surface area is 152 Å². The van der Waals surface area contributed by atoms with E-state index >= 15 is 0 Å². The average molecular weight is 338 g/mol. The monoisotopic (exact) mass is 338 g/mol. The van der Waals surface area contributed by atoms with Crippen LogP contribution in [0.1, 0.15) is 69.6 Å². The summed E-state index contributed by atoms with van der Waals surface area (Å²) in [5.41, 5.74) is 2.02. The predicted molar refractivity (Wildman–Crippen MR) is 103 cm³/mol. The maximum atomic E-state index is 12.6. The molecule has 0 aliphatic carbocycles. The van der Waals surface area contributed by atoms with E-state index in [1.54, 1.807) is 0 Å². The zero-order chi connectivity index (χ0) is 17.9. The molecule has 134 valence electrons. The molecule has 1 atom stereocenters. The Hall–Kier alpha value is -2.09. The summed E-state index contributed by atoms with van der Waals surface area (Å²) in [5.74, 6) is -0.162. The Morgan fingerprint density at radius 3 is 1.88 bits per heavy atom. The molecular formula is C23H30O2. The van der Waals surface area contributed by atoms with Gasteiger partial charge >= 0.3 is 5.97 Å². The van der Waals surface area contributed by atoms with Crippen LogP contribution in [0, 0.1) is 5.92 Å². The fourth-order valence-corrected chi connectivity index (χ4v) is 2.99. The quantitative estimate of drug-likeness (QED) is 0.374. The number of carbonyl (C=O) groups is 1. The molecule has 25 heavy (non-hydrogen) atoms. The Kier molecular flexibility index (Phi) is 8.24. The van der Waals surface area contributed by atoms with Crippen LogP contribution in [0.3, 0.4) is 0 Å². The molecule has 2 aromatic rings. The minimum Gasteiger partial charge on any atom is -0.452 e. The smallest absolute Gasteiger partial charge is 0.309 e. The Morgan fingerprint density at radius 2 is 1.36 bits per heavy atom. The molecule has 0 aromatic heterocycles. The predicted octanol–water partition coefficient (Wildman–Crippen LogP) is 6.32. The summed E-state index contributed by atoms with van der Waals surface area (Å²) >= 11 is 0. The van der Waals surface area contributed by atoms with E-state index in [0.29, 0.717) is 0 Å². The van der Waals surface area contributed by atoms with Crippen molar-refractivity contribution in [3.63, 3.8) is 0 Å². The maximum Gasteiger partial charge on any atom is 0.309 e. The van der Waals surface area contributed by atoms with Gasteiger partial charge in [-0.2, -0.15) is 0 Å². The van der Waals surface area contributed by atoms with Gasteiger partial charge in [0.1, 0.15) is 0 Å². The molecule has 1 unspecified atom stereocenters. The van der Waals surface area contributed by atoms with E-state index in [4.69, 9.17) is 4.74 Å². The van der Waals surface area contributed by atoms with E-state index in [0.717, 1.165) is 24.0 Å². The third-order valence-corrected chi connectivity index (χ3v) is 4.58. The van der Waals surface area contributed by atoms with Gasteiger partial charge in [0.2, 0.25) is 0 Å². The fraction of sp³-hybridized carbons (Fsp3) is 0.435. The minimum absolute atomic E-state index is 0.0587. The first-order valence-corrected chi connectivity index (χ1v) is 9.52. The second-order valence-corrected chi connectivity index (χ2v) is 6.74. The second kappa shape index (κ2) is 10.7. The van der Waals surface area contributed by atoms with Crippen LogP contribution in [0.5, 0.6) is 0 Å². The first-order chi connectivity index (χ1) is 12.2. The number of ether oxygens (including phenoxy) is 1. The van der Waals surface area contributed by atoms with Crippen LogP contribution in [-0.2, 0) is 9.53 Å². The lowest BCUT2D eigenvalue weighted by molar-refractivity contribution is -0.152. The molecule has 2 nitrogen and oxygen atoms in total. The zero-order valence-electron chi connectivity index (χ0n) is 15.5. The van der Waals surface area contributed by atoms with Gasteiger partial charge in [-0.1, -0.05) is 107 Å². The third-order valence-electron chi connectivity index (χ3n) is 4.58. The fourth-order valence-electron chi connectivity index (χ4n) is 2.99. The van der Waals surface area contributed by atoms with Crippen molar-refractivity contribution >= 4 is 5.97 Å². The van der Waals surface area contributed by atoms with E-state index in [-0.39, 0.29) is 18.0 Å². The van der Waals surface area contributed by atoms with Gasteiger partial charge < -0.3 is 4.74 Å². The first-order valence-electron chi connectivity index (χ1n) is 9.52. The van der Waals surface area contributed by atoms with Gasteiger partial charge in [0.25, 0.3) is 0 Å². The van der Waals surface area contributed by atoms with Crippen molar-refractivity contribution in [1.82, 2.24) is 0 Å². The molecule has 0 radical (unpaired) electrons. The highest BCUT2D eigenvalue weighted by Crippen LogP contribution is 2.27. The van der Waals surface area contributed by atoms with Gasteiger partial charge in [-0.15, -0.1) is 0 Å². The summed E-state index contributed by atoms with van der Waals surface area (Å²) < 4.78 is 5.92. The number of benzene rings is 2. The standard InChI is InChI=1S/C23H30O2/c1-3-4-5-6-9-14-19(2)23(24)25-22(20-15-10-7-11-16-20)21-17-12-8-13-18-21/h7-8,10-13,15-19,22H,3-6,9,14H2,1-2H3. The lowest BCUT2D eigenvalue weighted by atomic mass is 10.00. The van der Waals surface area contributed by atoms with Crippen molar-refractivity contribution in [2.24, 2.45) is 5.92 Å². The van der Waals surface area contributed by atoms with Gasteiger partial charge in [0, 0.05) is 0 Å². The number of unbranched alkanes of at least 4 members (excludes halogenated alkanes) is 4. The lowest BCUT2D eigenvalue weighted by Crippen LogP contribution is -2.19. The average Bonchev–Trinajstić information content (AvgIpc) is 2.67. The summed E-state index contributed by atoms with van der Waals surface area (Å²) in [5, 5.41) is 0. The second-order valence-electron chi connectivity index (χ2n) is 6.74. The number of carbonyl (C=O) groups excluding carboxylic acids is 1. The number of esters is 1. The van der Waals surface area contributed by atoms with Crippen molar-refractivity contribution < 1.29 is 9.53 Å². The molecule has 0 spiro atoms. The first kappa shape index (κ1) is 19.2. The molecule has 2 rings (SSSR count). The minimum atomic E-state index is -0.336. The topological polar surface area (TPSA) is 26.3 Å². The largest absolute Gasteiger partial charge is 0.452 e.